The van der Waals surface area contributed by atoms with Crippen LogP contribution in [0.3, 0.4) is 0 Å². The first kappa shape index (κ1) is 14.9. The van der Waals surface area contributed by atoms with Crippen molar-refractivity contribution in [3.63, 3.8) is 0 Å². The van der Waals surface area contributed by atoms with Crippen molar-refractivity contribution in [2.75, 3.05) is 0 Å². The molecule has 0 aromatic heterocycles. The predicted molar refractivity (Wildman–Crippen MR) is 73.1 cm³/mol. The second-order valence-electron chi connectivity index (χ2n) is 6.26. The molecule has 0 aliphatic heterocycles. The number of aryl methyl sites for hydroxylation is 1. The van der Waals surface area contributed by atoms with Gasteiger partial charge in [0.1, 0.15) is 11.6 Å². The first-order valence-corrected chi connectivity index (χ1v) is 6.47. The lowest BCUT2D eigenvalue weighted by Crippen LogP contribution is -2.21. The van der Waals surface area contributed by atoms with E-state index in [1.165, 1.54) is 12.1 Å². The van der Waals surface area contributed by atoms with Crippen LogP contribution in [-0.4, -0.2) is 5.78 Å². The molecule has 1 nitrogen and oxygen atoms in total. The first-order chi connectivity index (χ1) is 8.20. The summed E-state index contributed by atoms with van der Waals surface area (Å²) in [5.41, 5.74) is 1.92. The maximum atomic E-state index is 13.1. The molecule has 0 aliphatic rings. The summed E-state index contributed by atoms with van der Waals surface area (Å²) in [7, 11) is 0. The minimum absolute atomic E-state index is 0.132. The van der Waals surface area contributed by atoms with Gasteiger partial charge in [-0.05, 0) is 41.5 Å². The van der Waals surface area contributed by atoms with Gasteiger partial charge in [-0.15, -0.1) is 0 Å². The fraction of sp³-hybridized carbons (Fsp3) is 0.562. The molecular weight excluding hydrogens is 227 g/mol. The fourth-order valence-electron chi connectivity index (χ4n) is 1.76. The van der Waals surface area contributed by atoms with E-state index in [0.29, 0.717) is 18.8 Å². The summed E-state index contributed by atoms with van der Waals surface area (Å²) in [6.45, 7) is 10.4. The standard InChI is InChI=1S/C16H23FO/c1-11-6-7-14(17)9-13(11)10-15(18)8-12(2)16(3,4)5/h6-7,9,12H,8,10H2,1-5H3. The van der Waals surface area contributed by atoms with Crippen molar-refractivity contribution in [2.45, 2.75) is 47.5 Å². The maximum absolute atomic E-state index is 13.1. The molecular formula is C16H23FO. The van der Waals surface area contributed by atoms with Crippen LogP contribution in [0.2, 0.25) is 0 Å². The Labute approximate surface area is 109 Å². The SMILES string of the molecule is Cc1ccc(F)cc1CC(=O)CC(C)C(C)(C)C. The molecule has 0 saturated carbocycles. The zero-order valence-corrected chi connectivity index (χ0v) is 12.0. The normalized spacial score (nSPS) is 13.4. The third kappa shape index (κ3) is 4.25. The Bertz CT molecular complexity index is 429. The van der Waals surface area contributed by atoms with Crippen molar-refractivity contribution < 1.29 is 9.18 Å². The third-order valence-electron chi connectivity index (χ3n) is 3.71. The summed E-state index contributed by atoms with van der Waals surface area (Å²) in [5, 5.41) is 0. The number of halogens is 1. The predicted octanol–water partition coefficient (Wildman–Crippen LogP) is 4.32. The molecule has 1 rings (SSSR count). The molecule has 0 fully saturated rings. The Morgan fingerprint density at radius 1 is 1.33 bits per heavy atom. The summed E-state index contributed by atoms with van der Waals surface area (Å²) in [6, 6.07) is 4.63. The van der Waals surface area contributed by atoms with Crippen LogP contribution >= 0.6 is 0 Å². The molecule has 0 N–H and O–H groups in total. The molecule has 0 saturated heterocycles. The third-order valence-corrected chi connectivity index (χ3v) is 3.71. The average Bonchev–Trinajstić information content (AvgIpc) is 2.22. The Kier molecular flexibility index (Phi) is 4.66. The minimum atomic E-state index is -0.271. The number of hydrogen-bond donors (Lipinski definition) is 0. The average molecular weight is 250 g/mol. The number of carbonyl (C=O) groups is 1. The summed E-state index contributed by atoms with van der Waals surface area (Å²) in [4.78, 5) is 12.0. The van der Waals surface area contributed by atoms with Crippen LogP contribution in [0, 0.1) is 24.1 Å². The van der Waals surface area contributed by atoms with Gasteiger partial charge in [0.05, 0.1) is 0 Å². The molecule has 100 valence electrons. The maximum Gasteiger partial charge on any atom is 0.137 e. The van der Waals surface area contributed by atoms with Gasteiger partial charge in [0.15, 0.2) is 0 Å². The lowest BCUT2D eigenvalue weighted by atomic mass is 9.78. The van der Waals surface area contributed by atoms with Gasteiger partial charge in [0.2, 0.25) is 0 Å². The zero-order chi connectivity index (χ0) is 13.9. The minimum Gasteiger partial charge on any atom is -0.299 e. The van der Waals surface area contributed by atoms with Crippen LogP contribution < -0.4 is 0 Å². The number of ketones is 1. The van der Waals surface area contributed by atoms with E-state index in [-0.39, 0.29) is 17.0 Å². The Morgan fingerprint density at radius 3 is 2.50 bits per heavy atom. The zero-order valence-electron chi connectivity index (χ0n) is 12.0. The van der Waals surface area contributed by atoms with Crippen LogP contribution in [0.25, 0.3) is 0 Å². The quantitative estimate of drug-likeness (QED) is 0.778. The number of benzene rings is 1. The number of hydrogen-bond acceptors (Lipinski definition) is 1. The van der Waals surface area contributed by atoms with Crippen LogP contribution in [0.1, 0.15) is 45.2 Å². The van der Waals surface area contributed by atoms with Crippen molar-refractivity contribution in [3.8, 4) is 0 Å². The highest BCUT2D eigenvalue weighted by Crippen LogP contribution is 2.28. The monoisotopic (exact) mass is 250 g/mol. The van der Waals surface area contributed by atoms with Crippen molar-refractivity contribution in [3.05, 3.63) is 35.1 Å². The summed E-state index contributed by atoms with van der Waals surface area (Å²) < 4.78 is 13.1. The second-order valence-corrected chi connectivity index (χ2v) is 6.26. The topological polar surface area (TPSA) is 17.1 Å². The Hall–Kier alpha value is -1.18. The number of Topliss-reactive ketones (excluding diaryl/α,β-unsaturated/α-hetero) is 1. The van der Waals surface area contributed by atoms with Crippen molar-refractivity contribution in [1.29, 1.82) is 0 Å². The van der Waals surface area contributed by atoms with Gasteiger partial charge < -0.3 is 0 Å². The van der Waals surface area contributed by atoms with Crippen molar-refractivity contribution in [1.82, 2.24) is 0 Å². The van der Waals surface area contributed by atoms with Gasteiger partial charge in [0, 0.05) is 12.8 Å². The molecule has 0 amide bonds. The van der Waals surface area contributed by atoms with Crippen LogP contribution in [-0.2, 0) is 11.2 Å². The molecule has 18 heavy (non-hydrogen) atoms. The van der Waals surface area contributed by atoms with Gasteiger partial charge >= 0.3 is 0 Å². The van der Waals surface area contributed by atoms with Crippen LogP contribution in [0.15, 0.2) is 18.2 Å². The van der Waals surface area contributed by atoms with E-state index in [4.69, 9.17) is 0 Å². The fourth-order valence-corrected chi connectivity index (χ4v) is 1.76. The summed E-state index contributed by atoms with van der Waals surface area (Å²) in [6.07, 6.45) is 0.892. The Morgan fingerprint density at radius 2 is 1.94 bits per heavy atom. The summed E-state index contributed by atoms with van der Waals surface area (Å²) >= 11 is 0. The van der Waals surface area contributed by atoms with E-state index in [1.807, 2.05) is 6.92 Å². The molecule has 1 atom stereocenters. The van der Waals surface area contributed by atoms with Crippen LogP contribution in [0.4, 0.5) is 4.39 Å². The van der Waals surface area contributed by atoms with E-state index in [0.717, 1.165) is 11.1 Å². The molecule has 1 unspecified atom stereocenters. The molecule has 2 heteroatoms. The molecule has 0 heterocycles. The van der Waals surface area contributed by atoms with Crippen molar-refractivity contribution in [2.24, 2.45) is 11.3 Å². The van der Waals surface area contributed by atoms with Crippen molar-refractivity contribution >= 4 is 5.78 Å². The molecule has 0 spiro atoms. The van der Waals surface area contributed by atoms with Crippen LogP contribution in [0.5, 0.6) is 0 Å². The van der Waals surface area contributed by atoms with E-state index in [1.54, 1.807) is 6.07 Å². The van der Waals surface area contributed by atoms with E-state index in [2.05, 4.69) is 27.7 Å². The van der Waals surface area contributed by atoms with Gasteiger partial charge in [-0.3, -0.25) is 4.79 Å². The molecule has 0 bridgehead atoms. The molecule has 0 radical (unpaired) electrons. The molecule has 0 aliphatic carbocycles. The van der Waals surface area contributed by atoms with Gasteiger partial charge in [-0.2, -0.15) is 0 Å². The highest BCUT2D eigenvalue weighted by atomic mass is 19.1. The highest BCUT2D eigenvalue weighted by molar-refractivity contribution is 5.81. The van der Waals surface area contributed by atoms with E-state index in [9.17, 15) is 9.18 Å². The van der Waals surface area contributed by atoms with Gasteiger partial charge in [-0.25, -0.2) is 4.39 Å². The summed E-state index contributed by atoms with van der Waals surface area (Å²) in [5.74, 6) is 0.247. The van der Waals surface area contributed by atoms with Gasteiger partial charge in [0.25, 0.3) is 0 Å². The first-order valence-electron chi connectivity index (χ1n) is 6.47. The van der Waals surface area contributed by atoms with E-state index >= 15 is 0 Å². The number of rotatable bonds is 4. The molecule has 1 aromatic carbocycles. The second kappa shape index (κ2) is 5.64. The lowest BCUT2D eigenvalue weighted by molar-refractivity contribution is -0.120. The van der Waals surface area contributed by atoms with Gasteiger partial charge in [-0.1, -0.05) is 33.8 Å². The smallest absolute Gasteiger partial charge is 0.137 e. The number of carbonyl (C=O) groups excluding carboxylic acids is 1. The van der Waals surface area contributed by atoms with E-state index < -0.39 is 0 Å². The largest absolute Gasteiger partial charge is 0.299 e. The lowest BCUT2D eigenvalue weighted by Gasteiger charge is -2.26. The Balaban J connectivity index is 2.68. The molecule has 1 aromatic rings. The highest BCUT2D eigenvalue weighted by Gasteiger charge is 2.22.